The molecule has 0 aliphatic carbocycles. The van der Waals surface area contributed by atoms with E-state index in [2.05, 4.69) is 4.98 Å². The van der Waals surface area contributed by atoms with E-state index in [1.807, 2.05) is 30.3 Å². The van der Waals surface area contributed by atoms with Gasteiger partial charge >= 0.3 is 0 Å². The van der Waals surface area contributed by atoms with Gasteiger partial charge in [0.2, 0.25) is 15.0 Å². The summed E-state index contributed by atoms with van der Waals surface area (Å²) in [5.74, 6) is -0.197. The summed E-state index contributed by atoms with van der Waals surface area (Å²) in [5.41, 5.74) is 1.72. The van der Waals surface area contributed by atoms with Crippen molar-refractivity contribution < 1.29 is 13.2 Å². The third kappa shape index (κ3) is 2.87. The zero-order chi connectivity index (χ0) is 15.0. The van der Waals surface area contributed by atoms with Crippen LogP contribution in [0.25, 0.3) is 10.9 Å². The first kappa shape index (κ1) is 14.3. The van der Waals surface area contributed by atoms with E-state index in [0.717, 1.165) is 16.5 Å². The molecule has 1 aromatic heterocycles. The lowest BCUT2D eigenvalue weighted by Crippen LogP contribution is -2.26. The van der Waals surface area contributed by atoms with Gasteiger partial charge in [-0.1, -0.05) is 24.3 Å². The van der Waals surface area contributed by atoms with Crippen LogP contribution >= 0.6 is 10.7 Å². The standard InChI is InChI=1S/C14H13ClN2O3S/c15-21(19,20)12-7-13(18)17(9-12)8-11-4-1-3-10-5-2-6-16-14(10)11/h1-6,12H,7-9H2. The van der Waals surface area contributed by atoms with Gasteiger partial charge in [-0.3, -0.25) is 9.78 Å². The highest BCUT2D eigenvalue weighted by Gasteiger charge is 2.37. The Kier molecular flexibility index (Phi) is 3.59. The van der Waals surface area contributed by atoms with Gasteiger partial charge < -0.3 is 4.90 Å². The van der Waals surface area contributed by atoms with Crippen LogP contribution < -0.4 is 0 Å². The Hall–Kier alpha value is -1.66. The topological polar surface area (TPSA) is 67.3 Å². The van der Waals surface area contributed by atoms with Gasteiger partial charge in [0.15, 0.2) is 0 Å². The van der Waals surface area contributed by atoms with Crippen LogP contribution in [0.3, 0.4) is 0 Å². The Bertz CT molecular complexity index is 801. The van der Waals surface area contributed by atoms with Gasteiger partial charge in [-0.25, -0.2) is 8.42 Å². The predicted octanol–water partition coefficient (Wildman–Crippen LogP) is 1.90. The Labute approximate surface area is 127 Å². The fraction of sp³-hybridized carbons (Fsp3) is 0.286. The average molecular weight is 325 g/mol. The fourth-order valence-electron chi connectivity index (χ4n) is 2.58. The summed E-state index contributed by atoms with van der Waals surface area (Å²) in [6.45, 7) is 0.476. The van der Waals surface area contributed by atoms with E-state index in [9.17, 15) is 13.2 Å². The molecule has 0 spiro atoms. The lowest BCUT2D eigenvalue weighted by Gasteiger charge is -2.17. The number of likely N-dealkylation sites (tertiary alicyclic amines) is 1. The van der Waals surface area contributed by atoms with Gasteiger partial charge in [0.25, 0.3) is 0 Å². The highest BCUT2D eigenvalue weighted by atomic mass is 35.7. The summed E-state index contributed by atoms with van der Waals surface area (Å²) in [4.78, 5) is 17.8. The summed E-state index contributed by atoms with van der Waals surface area (Å²) in [7, 11) is 1.64. The normalized spacial score (nSPS) is 19.4. The van der Waals surface area contributed by atoms with Crippen molar-refractivity contribution in [2.75, 3.05) is 6.54 Å². The maximum absolute atomic E-state index is 12.0. The quantitative estimate of drug-likeness (QED) is 0.809. The monoisotopic (exact) mass is 324 g/mol. The second kappa shape index (κ2) is 5.27. The van der Waals surface area contributed by atoms with Crippen LogP contribution in [0.2, 0.25) is 0 Å². The van der Waals surface area contributed by atoms with Gasteiger partial charge in [-0.05, 0) is 11.6 Å². The molecule has 2 heterocycles. The SMILES string of the molecule is O=C1CC(S(=O)(=O)Cl)CN1Cc1cccc2cccnc12. The average Bonchev–Trinajstić information content (AvgIpc) is 2.81. The summed E-state index contributed by atoms with van der Waals surface area (Å²) in [5, 5.41) is 0.165. The van der Waals surface area contributed by atoms with E-state index in [-0.39, 0.29) is 18.9 Å². The van der Waals surface area contributed by atoms with Crippen molar-refractivity contribution in [2.24, 2.45) is 0 Å². The number of benzene rings is 1. The number of carbonyl (C=O) groups is 1. The number of halogens is 1. The molecule has 0 N–H and O–H groups in total. The van der Waals surface area contributed by atoms with Crippen molar-refractivity contribution in [3.63, 3.8) is 0 Å². The molecular weight excluding hydrogens is 312 g/mol. The number of fused-ring (bicyclic) bond motifs is 1. The van der Waals surface area contributed by atoms with Crippen LogP contribution in [0.1, 0.15) is 12.0 Å². The van der Waals surface area contributed by atoms with E-state index in [0.29, 0.717) is 6.54 Å². The number of carbonyl (C=O) groups excluding carboxylic acids is 1. The molecule has 0 radical (unpaired) electrons. The summed E-state index contributed by atoms with van der Waals surface area (Å²) < 4.78 is 22.7. The molecule has 1 amide bonds. The number of amides is 1. The fourth-order valence-corrected chi connectivity index (χ4v) is 3.64. The Balaban J connectivity index is 1.88. The molecule has 0 bridgehead atoms. The van der Waals surface area contributed by atoms with Crippen molar-refractivity contribution >= 4 is 36.5 Å². The number of aromatic nitrogens is 1. The number of nitrogens with zero attached hydrogens (tertiary/aromatic N) is 2. The molecule has 1 aromatic carbocycles. The molecule has 2 aromatic rings. The first-order valence-electron chi connectivity index (χ1n) is 6.49. The number of pyridine rings is 1. The maximum atomic E-state index is 12.0. The lowest BCUT2D eigenvalue weighted by atomic mass is 10.1. The summed E-state index contributed by atoms with van der Waals surface area (Å²) >= 11 is 0. The molecule has 1 fully saturated rings. The number of para-hydroxylation sites is 1. The van der Waals surface area contributed by atoms with Gasteiger partial charge in [0, 0.05) is 41.8 Å². The maximum Gasteiger partial charge on any atom is 0.237 e. The Morgan fingerprint density at radius 3 is 2.76 bits per heavy atom. The summed E-state index contributed by atoms with van der Waals surface area (Å²) in [6.07, 6.45) is 1.65. The number of hydrogen-bond donors (Lipinski definition) is 0. The molecule has 1 atom stereocenters. The van der Waals surface area contributed by atoms with Crippen LogP contribution in [0.15, 0.2) is 36.5 Å². The minimum absolute atomic E-state index is 0.0516. The van der Waals surface area contributed by atoms with E-state index in [4.69, 9.17) is 10.7 Å². The zero-order valence-corrected chi connectivity index (χ0v) is 12.6. The van der Waals surface area contributed by atoms with Crippen LogP contribution in [0, 0.1) is 0 Å². The molecule has 1 aliphatic heterocycles. The van der Waals surface area contributed by atoms with Gasteiger partial charge in [0.1, 0.15) is 5.25 Å². The molecule has 7 heteroatoms. The predicted molar refractivity (Wildman–Crippen MR) is 80.3 cm³/mol. The highest BCUT2D eigenvalue weighted by Crippen LogP contribution is 2.25. The van der Waals surface area contributed by atoms with Crippen molar-refractivity contribution in [1.82, 2.24) is 9.88 Å². The Morgan fingerprint density at radius 2 is 2.05 bits per heavy atom. The Morgan fingerprint density at radius 1 is 1.29 bits per heavy atom. The third-order valence-electron chi connectivity index (χ3n) is 3.65. The van der Waals surface area contributed by atoms with E-state index >= 15 is 0 Å². The van der Waals surface area contributed by atoms with E-state index in [1.165, 1.54) is 4.90 Å². The molecular formula is C14H13ClN2O3S. The van der Waals surface area contributed by atoms with Crippen LogP contribution in [0.5, 0.6) is 0 Å². The second-order valence-corrected chi connectivity index (χ2v) is 7.98. The number of hydrogen-bond acceptors (Lipinski definition) is 4. The summed E-state index contributed by atoms with van der Waals surface area (Å²) in [6, 6.07) is 9.54. The first-order chi connectivity index (χ1) is 9.95. The van der Waals surface area contributed by atoms with Gasteiger partial charge in [-0.2, -0.15) is 0 Å². The molecule has 1 aliphatic rings. The highest BCUT2D eigenvalue weighted by molar-refractivity contribution is 8.14. The van der Waals surface area contributed by atoms with Crippen LogP contribution in [-0.4, -0.2) is 36.0 Å². The molecule has 0 saturated carbocycles. The van der Waals surface area contributed by atoms with E-state index in [1.54, 1.807) is 6.20 Å². The largest absolute Gasteiger partial charge is 0.337 e. The zero-order valence-electron chi connectivity index (χ0n) is 11.1. The van der Waals surface area contributed by atoms with E-state index < -0.39 is 14.3 Å². The molecule has 1 unspecified atom stereocenters. The molecule has 21 heavy (non-hydrogen) atoms. The molecule has 110 valence electrons. The second-order valence-electron chi connectivity index (χ2n) is 5.07. The van der Waals surface area contributed by atoms with Crippen molar-refractivity contribution in [1.29, 1.82) is 0 Å². The van der Waals surface area contributed by atoms with Crippen LogP contribution in [0.4, 0.5) is 0 Å². The molecule has 5 nitrogen and oxygen atoms in total. The van der Waals surface area contributed by atoms with Crippen molar-refractivity contribution in [3.05, 3.63) is 42.1 Å². The van der Waals surface area contributed by atoms with Crippen molar-refractivity contribution in [3.8, 4) is 0 Å². The minimum Gasteiger partial charge on any atom is -0.337 e. The van der Waals surface area contributed by atoms with Crippen LogP contribution in [-0.2, 0) is 20.4 Å². The lowest BCUT2D eigenvalue weighted by molar-refractivity contribution is -0.128. The smallest absolute Gasteiger partial charge is 0.237 e. The number of rotatable bonds is 3. The first-order valence-corrected chi connectivity index (χ1v) is 8.86. The third-order valence-corrected chi connectivity index (χ3v) is 5.52. The molecule has 3 rings (SSSR count). The van der Waals surface area contributed by atoms with Crippen molar-refractivity contribution in [2.45, 2.75) is 18.2 Å². The van der Waals surface area contributed by atoms with Gasteiger partial charge in [0.05, 0.1) is 5.52 Å². The molecule has 1 saturated heterocycles. The van der Waals surface area contributed by atoms with Gasteiger partial charge in [-0.15, -0.1) is 0 Å². The minimum atomic E-state index is -3.71.